The number of nitrogens with two attached hydrogens (primary N) is 1. The molecule has 18 heavy (non-hydrogen) atoms. The van der Waals surface area contributed by atoms with E-state index in [9.17, 15) is 4.79 Å². The van der Waals surface area contributed by atoms with Gasteiger partial charge in [-0.15, -0.1) is 0 Å². The lowest BCUT2D eigenvalue weighted by Gasteiger charge is -2.27. The van der Waals surface area contributed by atoms with Crippen molar-refractivity contribution < 1.29 is 4.79 Å². The van der Waals surface area contributed by atoms with E-state index in [1.807, 2.05) is 0 Å². The quantitative estimate of drug-likeness (QED) is 0.621. The number of carbonyl (C=O) groups is 1. The number of amides is 1. The van der Waals surface area contributed by atoms with Gasteiger partial charge in [-0.2, -0.15) is 0 Å². The molecule has 0 saturated heterocycles. The summed E-state index contributed by atoms with van der Waals surface area (Å²) in [7, 11) is 0. The number of hydrogen-bond acceptors (Lipinski definition) is 2. The zero-order valence-electron chi connectivity index (χ0n) is 11.9. The van der Waals surface area contributed by atoms with Crippen LogP contribution in [0.3, 0.4) is 0 Å². The first-order valence-electron chi connectivity index (χ1n) is 7.79. The molecule has 0 bridgehead atoms. The smallest absolute Gasteiger partial charge is 0.234 e. The molecule has 106 valence electrons. The summed E-state index contributed by atoms with van der Waals surface area (Å²) in [6, 6.07) is 0.418. The minimum atomic E-state index is -0.170. The number of nitrogens with one attached hydrogen (secondary N) is 1. The van der Waals surface area contributed by atoms with Crippen LogP contribution in [0.15, 0.2) is 0 Å². The molecule has 1 amide bonds. The van der Waals surface area contributed by atoms with Crippen LogP contribution in [0.25, 0.3) is 0 Å². The highest BCUT2D eigenvalue weighted by atomic mass is 16.1. The number of unbranched alkanes of at least 4 members (excludes halogenated alkanes) is 4. The van der Waals surface area contributed by atoms with Crippen LogP contribution < -0.4 is 11.1 Å². The van der Waals surface area contributed by atoms with Gasteiger partial charge in [-0.3, -0.25) is 4.79 Å². The lowest BCUT2D eigenvalue weighted by Crippen LogP contribution is -2.47. The summed E-state index contributed by atoms with van der Waals surface area (Å²) in [6.07, 6.45) is 13.4. The summed E-state index contributed by atoms with van der Waals surface area (Å²) in [6.45, 7) is 2.22. The van der Waals surface area contributed by atoms with Crippen LogP contribution >= 0.6 is 0 Å². The Bertz CT molecular complexity index is 225. The summed E-state index contributed by atoms with van der Waals surface area (Å²) in [5, 5.41) is 3.47. The van der Waals surface area contributed by atoms with E-state index in [2.05, 4.69) is 12.2 Å². The SMILES string of the molecule is CCCCCCCC(NC1CCCCC1)C(N)=O. The Hall–Kier alpha value is -0.570. The summed E-state index contributed by atoms with van der Waals surface area (Å²) in [5.41, 5.74) is 5.49. The molecule has 1 atom stereocenters. The fourth-order valence-electron chi connectivity index (χ4n) is 2.81. The van der Waals surface area contributed by atoms with Crippen molar-refractivity contribution >= 4 is 5.91 Å². The van der Waals surface area contributed by atoms with Crippen molar-refractivity contribution in [3.63, 3.8) is 0 Å². The minimum Gasteiger partial charge on any atom is -0.368 e. The van der Waals surface area contributed by atoms with Crippen molar-refractivity contribution in [2.24, 2.45) is 5.73 Å². The Balaban J connectivity index is 2.19. The molecule has 3 nitrogen and oxygen atoms in total. The van der Waals surface area contributed by atoms with Crippen LogP contribution in [0.1, 0.15) is 77.6 Å². The Morgan fingerprint density at radius 3 is 2.44 bits per heavy atom. The van der Waals surface area contributed by atoms with Crippen molar-refractivity contribution in [3.8, 4) is 0 Å². The third kappa shape index (κ3) is 6.39. The van der Waals surface area contributed by atoms with Gasteiger partial charge in [-0.1, -0.05) is 58.3 Å². The molecular formula is C15H30N2O. The number of rotatable bonds is 9. The third-order valence-electron chi connectivity index (χ3n) is 3.98. The molecule has 0 spiro atoms. The van der Waals surface area contributed by atoms with Crippen molar-refractivity contribution in [2.45, 2.75) is 89.6 Å². The average molecular weight is 254 g/mol. The van der Waals surface area contributed by atoms with E-state index >= 15 is 0 Å². The minimum absolute atomic E-state index is 0.102. The van der Waals surface area contributed by atoms with Gasteiger partial charge in [0.25, 0.3) is 0 Å². The van der Waals surface area contributed by atoms with Gasteiger partial charge in [-0.25, -0.2) is 0 Å². The second-order valence-corrected chi connectivity index (χ2v) is 5.66. The van der Waals surface area contributed by atoms with Crippen molar-refractivity contribution in [1.82, 2.24) is 5.32 Å². The molecule has 1 rings (SSSR count). The van der Waals surface area contributed by atoms with Crippen molar-refractivity contribution in [2.75, 3.05) is 0 Å². The van der Waals surface area contributed by atoms with Gasteiger partial charge in [-0.05, 0) is 19.3 Å². The summed E-state index contributed by atoms with van der Waals surface area (Å²) in [5.74, 6) is -0.170. The molecule has 0 heterocycles. The molecule has 1 aliphatic rings. The van der Waals surface area contributed by atoms with E-state index < -0.39 is 0 Å². The zero-order chi connectivity index (χ0) is 13.2. The highest BCUT2D eigenvalue weighted by Gasteiger charge is 2.20. The fourth-order valence-corrected chi connectivity index (χ4v) is 2.81. The monoisotopic (exact) mass is 254 g/mol. The molecule has 0 radical (unpaired) electrons. The first-order chi connectivity index (χ1) is 8.74. The van der Waals surface area contributed by atoms with E-state index in [-0.39, 0.29) is 11.9 Å². The average Bonchev–Trinajstić information content (AvgIpc) is 2.38. The van der Waals surface area contributed by atoms with Crippen LogP contribution in [0.4, 0.5) is 0 Å². The Labute approximate surface area is 112 Å². The topological polar surface area (TPSA) is 55.1 Å². The number of carbonyl (C=O) groups excluding carboxylic acids is 1. The van der Waals surface area contributed by atoms with Crippen LogP contribution in [0.5, 0.6) is 0 Å². The van der Waals surface area contributed by atoms with E-state index in [0.29, 0.717) is 6.04 Å². The molecule has 0 aromatic carbocycles. The first kappa shape index (κ1) is 15.5. The lowest BCUT2D eigenvalue weighted by molar-refractivity contribution is -0.120. The van der Waals surface area contributed by atoms with Gasteiger partial charge in [0.05, 0.1) is 6.04 Å². The molecule has 1 aliphatic carbocycles. The molecule has 1 unspecified atom stereocenters. The third-order valence-corrected chi connectivity index (χ3v) is 3.98. The van der Waals surface area contributed by atoms with Crippen molar-refractivity contribution in [1.29, 1.82) is 0 Å². The van der Waals surface area contributed by atoms with E-state index in [4.69, 9.17) is 5.73 Å². The first-order valence-corrected chi connectivity index (χ1v) is 7.79. The molecule has 1 fully saturated rings. The molecular weight excluding hydrogens is 224 g/mol. The van der Waals surface area contributed by atoms with Crippen LogP contribution in [0, 0.1) is 0 Å². The molecule has 3 N–H and O–H groups in total. The second kappa shape index (κ2) is 9.37. The Morgan fingerprint density at radius 2 is 1.83 bits per heavy atom. The second-order valence-electron chi connectivity index (χ2n) is 5.66. The molecule has 1 saturated carbocycles. The Kier molecular flexibility index (Phi) is 8.06. The van der Waals surface area contributed by atoms with Crippen LogP contribution in [-0.4, -0.2) is 18.0 Å². The van der Waals surface area contributed by atoms with Crippen LogP contribution in [-0.2, 0) is 4.79 Å². The predicted molar refractivity (Wildman–Crippen MR) is 76.4 cm³/mol. The Morgan fingerprint density at radius 1 is 1.17 bits per heavy atom. The summed E-state index contributed by atoms with van der Waals surface area (Å²) in [4.78, 5) is 11.5. The van der Waals surface area contributed by atoms with Gasteiger partial charge < -0.3 is 11.1 Å². The fraction of sp³-hybridized carbons (Fsp3) is 0.933. The number of hydrogen-bond donors (Lipinski definition) is 2. The lowest BCUT2D eigenvalue weighted by atomic mass is 9.94. The van der Waals surface area contributed by atoms with Crippen LogP contribution in [0.2, 0.25) is 0 Å². The van der Waals surface area contributed by atoms with Gasteiger partial charge in [0.2, 0.25) is 5.91 Å². The highest BCUT2D eigenvalue weighted by molar-refractivity contribution is 5.79. The molecule has 3 heteroatoms. The zero-order valence-corrected chi connectivity index (χ0v) is 11.9. The van der Waals surface area contributed by atoms with Gasteiger partial charge in [0, 0.05) is 6.04 Å². The van der Waals surface area contributed by atoms with E-state index in [1.54, 1.807) is 0 Å². The summed E-state index contributed by atoms with van der Waals surface area (Å²) < 4.78 is 0. The summed E-state index contributed by atoms with van der Waals surface area (Å²) >= 11 is 0. The normalized spacial score (nSPS) is 18.7. The standard InChI is InChI=1S/C15H30N2O/c1-2-3-4-5-9-12-14(15(16)18)17-13-10-7-6-8-11-13/h13-14,17H,2-12H2,1H3,(H2,16,18). The van der Waals surface area contributed by atoms with E-state index in [0.717, 1.165) is 12.8 Å². The maximum absolute atomic E-state index is 11.5. The van der Waals surface area contributed by atoms with Gasteiger partial charge in [0.15, 0.2) is 0 Å². The molecule has 0 aromatic heterocycles. The molecule has 0 aliphatic heterocycles. The number of primary amides is 1. The van der Waals surface area contributed by atoms with Crippen molar-refractivity contribution in [3.05, 3.63) is 0 Å². The maximum atomic E-state index is 11.5. The van der Waals surface area contributed by atoms with Gasteiger partial charge >= 0.3 is 0 Å². The van der Waals surface area contributed by atoms with Gasteiger partial charge in [0.1, 0.15) is 0 Å². The maximum Gasteiger partial charge on any atom is 0.234 e. The largest absolute Gasteiger partial charge is 0.368 e. The highest BCUT2D eigenvalue weighted by Crippen LogP contribution is 2.18. The van der Waals surface area contributed by atoms with E-state index in [1.165, 1.54) is 57.8 Å². The molecule has 0 aromatic rings. The predicted octanol–water partition coefficient (Wildman–Crippen LogP) is 3.12.